The summed E-state index contributed by atoms with van der Waals surface area (Å²) >= 11 is 1.13. The van der Waals surface area contributed by atoms with Crippen LogP contribution in [0.2, 0.25) is 0 Å². The van der Waals surface area contributed by atoms with E-state index in [9.17, 15) is 4.79 Å². The molecule has 0 bridgehead atoms. The van der Waals surface area contributed by atoms with Crippen LogP contribution in [0.3, 0.4) is 0 Å². The van der Waals surface area contributed by atoms with Gasteiger partial charge in [0, 0.05) is 4.90 Å². The molecule has 0 spiro atoms. The summed E-state index contributed by atoms with van der Waals surface area (Å²) in [6.07, 6.45) is 1.28. The lowest BCUT2D eigenvalue weighted by Gasteiger charge is -2.18. The molecule has 7 nitrogen and oxygen atoms in total. The molecule has 0 aliphatic rings. The van der Waals surface area contributed by atoms with Crippen molar-refractivity contribution in [1.82, 2.24) is 10.2 Å². The first-order chi connectivity index (χ1) is 11.2. The number of hydrogen-bond acceptors (Lipinski definition) is 7. The van der Waals surface area contributed by atoms with Crippen molar-refractivity contribution in [3.63, 3.8) is 0 Å². The largest absolute Gasteiger partial charge is 0.464 e. The maximum absolute atomic E-state index is 11.7. The molecule has 1 amide bonds. The van der Waals surface area contributed by atoms with Crippen LogP contribution in [0.5, 0.6) is 5.19 Å². The Bertz CT molecular complexity index is 723. The van der Waals surface area contributed by atoms with Gasteiger partial charge in [0.1, 0.15) is 12.2 Å². The summed E-state index contributed by atoms with van der Waals surface area (Å²) in [6.45, 7) is 5.70. The molecule has 2 rings (SSSR count). The molecule has 0 saturated heterocycles. The van der Waals surface area contributed by atoms with E-state index >= 15 is 0 Å². The molecule has 2 aromatic rings. The molecule has 0 saturated carbocycles. The molecule has 24 heavy (non-hydrogen) atoms. The molecular formula is C15H20N4O3S2. The van der Waals surface area contributed by atoms with Crippen LogP contribution in [0.25, 0.3) is 0 Å². The third-order valence-corrected chi connectivity index (χ3v) is 4.38. The second-order valence-electron chi connectivity index (χ2n) is 5.94. The zero-order valence-corrected chi connectivity index (χ0v) is 15.6. The summed E-state index contributed by atoms with van der Waals surface area (Å²) in [5, 5.41) is 10.9. The van der Waals surface area contributed by atoms with E-state index in [0.29, 0.717) is 16.9 Å². The van der Waals surface area contributed by atoms with Gasteiger partial charge in [0.25, 0.3) is 5.19 Å². The van der Waals surface area contributed by atoms with Gasteiger partial charge in [-0.15, -0.1) is 5.10 Å². The number of amides is 1. The average Bonchev–Trinajstić information content (AvgIpc) is 2.91. The van der Waals surface area contributed by atoms with E-state index in [0.717, 1.165) is 21.8 Å². The first-order valence-corrected chi connectivity index (χ1v) is 9.60. The lowest BCUT2D eigenvalue weighted by molar-refractivity contribution is 0.0636. The standard InChI is InChI=1S/C15H20N4O3S2/c1-15(2,3)22-13(20)17-12-18-19-14(23-12)21-9-10-5-7-11(8-6-10)24(4)16/h5-8,16H,9H2,1-4H3,(H,17,18,20). The number of ether oxygens (including phenoxy) is 2. The molecule has 9 heteroatoms. The summed E-state index contributed by atoms with van der Waals surface area (Å²) in [4.78, 5) is 12.6. The quantitative estimate of drug-likeness (QED) is 0.836. The van der Waals surface area contributed by atoms with Crippen LogP contribution < -0.4 is 10.1 Å². The van der Waals surface area contributed by atoms with Crippen LogP contribution in [0.1, 0.15) is 26.3 Å². The Balaban J connectivity index is 1.87. The number of carbonyl (C=O) groups is 1. The van der Waals surface area contributed by atoms with Crippen LogP contribution in [0, 0.1) is 4.78 Å². The van der Waals surface area contributed by atoms with Crippen molar-refractivity contribution in [1.29, 1.82) is 4.78 Å². The number of rotatable bonds is 5. The first-order valence-electron chi connectivity index (χ1n) is 7.15. The fourth-order valence-corrected chi connectivity index (χ4v) is 2.77. The number of benzene rings is 1. The highest BCUT2D eigenvalue weighted by Gasteiger charge is 2.17. The highest BCUT2D eigenvalue weighted by Crippen LogP contribution is 2.24. The van der Waals surface area contributed by atoms with Gasteiger partial charge >= 0.3 is 6.09 Å². The molecule has 1 unspecified atom stereocenters. The van der Waals surface area contributed by atoms with E-state index in [1.807, 2.05) is 30.5 Å². The SMILES string of the molecule is CS(=N)c1ccc(COc2nnc(NC(=O)OC(C)(C)C)s2)cc1. The highest BCUT2D eigenvalue weighted by molar-refractivity contribution is 7.85. The third-order valence-electron chi connectivity index (χ3n) is 2.65. The van der Waals surface area contributed by atoms with Gasteiger partial charge in [-0.3, -0.25) is 10.1 Å². The van der Waals surface area contributed by atoms with Gasteiger partial charge in [-0.25, -0.2) is 4.79 Å². The molecule has 0 aliphatic carbocycles. The Labute approximate surface area is 147 Å². The number of anilines is 1. The van der Waals surface area contributed by atoms with E-state index < -0.39 is 22.4 Å². The van der Waals surface area contributed by atoms with Crippen molar-refractivity contribution >= 4 is 33.3 Å². The van der Waals surface area contributed by atoms with Crippen molar-refractivity contribution in [2.45, 2.75) is 37.9 Å². The summed E-state index contributed by atoms with van der Waals surface area (Å²) in [5.41, 5.74) is 0.401. The van der Waals surface area contributed by atoms with E-state index in [1.165, 1.54) is 0 Å². The summed E-state index contributed by atoms with van der Waals surface area (Å²) in [7, 11) is -0.500. The average molecular weight is 368 g/mol. The van der Waals surface area contributed by atoms with Gasteiger partial charge in [-0.2, -0.15) is 0 Å². The number of hydrogen-bond donors (Lipinski definition) is 2. The minimum Gasteiger partial charge on any atom is -0.464 e. The van der Waals surface area contributed by atoms with E-state index in [2.05, 4.69) is 15.5 Å². The Morgan fingerprint density at radius 1 is 1.29 bits per heavy atom. The van der Waals surface area contributed by atoms with Crippen LogP contribution in [0.15, 0.2) is 29.2 Å². The smallest absolute Gasteiger partial charge is 0.414 e. The molecule has 0 radical (unpaired) electrons. The molecule has 1 atom stereocenters. The lowest BCUT2D eigenvalue weighted by Crippen LogP contribution is -2.27. The molecule has 0 aliphatic heterocycles. The van der Waals surface area contributed by atoms with Gasteiger partial charge in [0.05, 0.1) is 0 Å². The Morgan fingerprint density at radius 2 is 1.96 bits per heavy atom. The zero-order chi connectivity index (χ0) is 17.7. The second-order valence-corrected chi connectivity index (χ2v) is 8.38. The first kappa shape index (κ1) is 18.3. The number of nitrogens with one attached hydrogen (secondary N) is 2. The topological polar surface area (TPSA) is 97.2 Å². The van der Waals surface area contributed by atoms with Crippen molar-refractivity contribution < 1.29 is 14.3 Å². The van der Waals surface area contributed by atoms with E-state index in [-0.39, 0.29) is 0 Å². The van der Waals surface area contributed by atoms with Crippen molar-refractivity contribution in [2.75, 3.05) is 11.6 Å². The van der Waals surface area contributed by atoms with Gasteiger partial charge in [-0.1, -0.05) is 27.9 Å². The summed E-state index contributed by atoms with van der Waals surface area (Å²) < 4.78 is 18.4. The highest BCUT2D eigenvalue weighted by atomic mass is 32.2. The molecular weight excluding hydrogens is 348 g/mol. The maximum atomic E-state index is 11.7. The van der Waals surface area contributed by atoms with Gasteiger partial charge in [0.15, 0.2) is 0 Å². The van der Waals surface area contributed by atoms with Crippen molar-refractivity contribution in [3.8, 4) is 5.19 Å². The minimum atomic E-state index is -0.578. The molecule has 0 fully saturated rings. The van der Waals surface area contributed by atoms with Crippen molar-refractivity contribution in [3.05, 3.63) is 29.8 Å². The normalized spacial score (nSPS) is 12.5. The van der Waals surface area contributed by atoms with E-state index in [1.54, 1.807) is 20.8 Å². The van der Waals surface area contributed by atoms with E-state index in [4.69, 9.17) is 14.3 Å². The maximum Gasteiger partial charge on any atom is 0.414 e. The number of carbonyl (C=O) groups excluding carboxylic acids is 1. The zero-order valence-electron chi connectivity index (χ0n) is 14.0. The minimum absolute atomic E-state index is 0.318. The molecule has 130 valence electrons. The molecule has 1 aromatic carbocycles. The molecule has 1 heterocycles. The van der Waals surface area contributed by atoms with Crippen molar-refractivity contribution in [2.24, 2.45) is 0 Å². The second kappa shape index (κ2) is 7.71. The lowest BCUT2D eigenvalue weighted by atomic mass is 10.2. The van der Waals surface area contributed by atoms with Crippen LogP contribution in [-0.2, 0) is 22.0 Å². The third kappa shape index (κ3) is 5.89. The summed E-state index contributed by atoms with van der Waals surface area (Å²) in [6, 6.07) is 7.69. The van der Waals surface area contributed by atoms with Gasteiger partial charge in [-0.05, 0) is 56.1 Å². The predicted molar refractivity (Wildman–Crippen MR) is 94.8 cm³/mol. The fourth-order valence-electron chi connectivity index (χ4n) is 1.64. The number of nitrogens with zero attached hydrogens (tertiary/aromatic N) is 2. The van der Waals surface area contributed by atoms with Gasteiger partial charge in [0.2, 0.25) is 5.13 Å². The van der Waals surface area contributed by atoms with Crippen LogP contribution in [-0.4, -0.2) is 28.1 Å². The van der Waals surface area contributed by atoms with Crippen LogP contribution >= 0.6 is 11.3 Å². The monoisotopic (exact) mass is 368 g/mol. The van der Waals surface area contributed by atoms with Crippen LogP contribution in [0.4, 0.5) is 9.93 Å². The molecule has 2 N–H and O–H groups in total. The Kier molecular flexibility index (Phi) is 5.89. The molecule has 1 aromatic heterocycles. The fraction of sp³-hybridized carbons (Fsp3) is 0.400. The predicted octanol–water partition coefficient (Wildman–Crippen LogP) is 3.83. The summed E-state index contributed by atoms with van der Waals surface area (Å²) in [5.74, 6) is 0. The van der Waals surface area contributed by atoms with Gasteiger partial charge < -0.3 is 9.47 Å². The Hall–Kier alpha value is -2.00. The Morgan fingerprint density at radius 3 is 2.54 bits per heavy atom. The number of aromatic nitrogens is 2.